The summed E-state index contributed by atoms with van der Waals surface area (Å²) in [6.07, 6.45) is 1.39. The zero-order valence-corrected chi connectivity index (χ0v) is 10.9. The molecule has 2 unspecified atom stereocenters. The van der Waals surface area contributed by atoms with Crippen LogP contribution in [0.15, 0.2) is 24.3 Å². The van der Waals surface area contributed by atoms with Crippen LogP contribution >= 0.6 is 0 Å². The predicted molar refractivity (Wildman–Crippen MR) is 72.0 cm³/mol. The first-order valence-electron chi connectivity index (χ1n) is 6.98. The predicted octanol–water partition coefficient (Wildman–Crippen LogP) is 1.66. The van der Waals surface area contributed by atoms with Gasteiger partial charge in [-0.05, 0) is 25.5 Å². The summed E-state index contributed by atoms with van der Waals surface area (Å²) in [5.41, 5.74) is 2.73. The van der Waals surface area contributed by atoms with Crippen molar-refractivity contribution in [2.75, 3.05) is 31.2 Å². The van der Waals surface area contributed by atoms with Crippen molar-refractivity contribution in [3.05, 3.63) is 29.8 Å². The van der Waals surface area contributed by atoms with Crippen LogP contribution in [0.25, 0.3) is 0 Å². The Hall–Kier alpha value is -1.06. The fourth-order valence-corrected chi connectivity index (χ4v) is 3.60. The molecule has 2 bridgehead atoms. The van der Waals surface area contributed by atoms with Crippen LogP contribution in [0.2, 0.25) is 0 Å². The molecule has 0 amide bonds. The second-order valence-electron chi connectivity index (χ2n) is 5.92. The molecular formula is C15H20N2O. The van der Waals surface area contributed by atoms with Gasteiger partial charge in [-0.2, -0.15) is 0 Å². The molecule has 2 atom stereocenters. The molecular weight excluding hydrogens is 224 g/mol. The number of nitrogens with zero attached hydrogens (tertiary/aromatic N) is 2. The minimum atomic E-state index is 0.717. The van der Waals surface area contributed by atoms with E-state index in [0.29, 0.717) is 6.04 Å². The lowest BCUT2D eigenvalue weighted by molar-refractivity contribution is -0.141. The van der Waals surface area contributed by atoms with Crippen LogP contribution in [0.1, 0.15) is 12.0 Å². The Bertz CT molecular complexity index is 428. The maximum atomic E-state index is 5.33. The first kappa shape index (κ1) is 10.8. The minimum absolute atomic E-state index is 0.717. The number of hydrogen-bond donors (Lipinski definition) is 0. The number of rotatable bonds is 2. The summed E-state index contributed by atoms with van der Waals surface area (Å²) in [5, 5.41) is 0. The molecule has 4 fully saturated rings. The van der Waals surface area contributed by atoms with Crippen LogP contribution in [-0.4, -0.2) is 49.3 Å². The molecule has 4 heterocycles. The highest BCUT2D eigenvalue weighted by Gasteiger charge is 2.49. The van der Waals surface area contributed by atoms with Crippen molar-refractivity contribution >= 4 is 5.69 Å². The van der Waals surface area contributed by atoms with Gasteiger partial charge in [0.05, 0.1) is 19.3 Å². The molecule has 4 aliphatic heterocycles. The second kappa shape index (κ2) is 3.97. The van der Waals surface area contributed by atoms with Crippen LogP contribution in [0.5, 0.6) is 0 Å². The molecule has 1 aromatic rings. The van der Waals surface area contributed by atoms with Crippen LogP contribution in [0, 0.1) is 6.92 Å². The van der Waals surface area contributed by atoms with Gasteiger partial charge in [-0.25, -0.2) is 0 Å². The number of benzene rings is 1. The molecule has 0 N–H and O–H groups in total. The summed E-state index contributed by atoms with van der Waals surface area (Å²) < 4.78 is 5.33. The van der Waals surface area contributed by atoms with Crippen molar-refractivity contribution in [2.24, 2.45) is 0 Å². The quantitative estimate of drug-likeness (QED) is 0.787. The Morgan fingerprint density at radius 1 is 1.00 bits per heavy atom. The van der Waals surface area contributed by atoms with Gasteiger partial charge in [-0.3, -0.25) is 4.90 Å². The highest BCUT2D eigenvalue weighted by atomic mass is 16.5. The first-order chi connectivity index (χ1) is 8.81. The van der Waals surface area contributed by atoms with Crippen LogP contribution in [-0.2, 0) is 4.74 Å². The van der Waals surface area contributed by atoms with E-state index in [2.05, 4.69) is 41.0 Å². The average Bonchev–Trinajstić information content (AvgIpc) is 2.34. The van der Waals surface area contributed by atoms with Crippen LogP contribution in [0.3, 0.4) is 0 Å². The molecule has 96 valence electrons. The maximum Gasteiger partial charge on any atom is 0.0645 e. The standard InChI is InChI=1S/C15H20N2O/c1-11-2-4-12(5-3-11)16-7-13-6-14(8-16)17(13)15-9-18-10-15/h2-5,13-15H,6-10H2,1H3. The Kier molecular flexibility index (Phi) is 2.39. The highest BCUT2D eigenvalue weighted by molar-refractivity contribution is 5.49. The molecule has 3 heteroatoms. The Labute approximate surface area is 108 Å². The second-order valence-corrected chi connectivity index (χ2v) is 5.92. The third kappa shape index (κ3) is 1.57. The third-order valence-electron chi connectivity index (χ3n) is 4.69. The van der Waals surface area contributed by atoms with Crippen molar-refractivity contribution in [3.63, 3.8) is 0 Å². The molecule has 0 aliphatic carbocycles. The number of hydrogen-bond acceptors (Lipinski definition) is 3. The molecule has 0 radical (unpaired) electrons. The van der Waals surface area contributed by atoms with Gasteiger partial charge in [-0.15, -0.1) is 0 Å². The summed E-state index contributed by atoms with van der Waals surface area (Å²) in [5.74, 6) is 0. The lowest BCUT2D eigenvalue weighted by Gasteiger charge is -2.61. The Balaban J connectivity index is 1.47. The largest absolute Gasteiger partial charge is 0.378 e. The molecule has 0 saturated carbocycles. The normalized spacial score (nSPS) is 31.9. The van der Waals surface area contributed by atoms with Crippen molar-refractivity contribution in [1.29, 1.82) is 0 Å². The number of aryl methyl sites for hydroxylation is 1. The zero-order chi connectivity index (χ0) is 12.1. The van der Waals surface area contributed by atoms with Gasteiger partial charge >= 0.3 is 0 Å². The molecule has 1 aromatic carbocycles. The topological polar surface area (TPSA) is 15.7 Å². The zero-order valence-electron chi connectivity index (χ0n) is 10.9. The van der Waals surface area contributed by atoms with E-state index in [-0.39, 0.29) is 0 Å². The van der Waals surface area contributed by atoms with Crippen molar-refractivity contribution in [2.45, 2.75) is 31.5 Å². The molecule has 4 saturated heterocycles. The fourth-order valence-electron chi connectivity index (χ4n) is 3.60. The van der Waals surface area contributed by atoms with Gasteiger partial charge in [0.1, 0.15) is 0 Å². The molecule has 3 nitrogen and oxygen atoms in total. The van der Waals surface area contributed by atoms with Gasteiger partial charge in [0, 0.05) is 30.9 Å². The van der Waals surface area contributed by atoms with E-state index >= 15 is 0 Å². The number of fused-ring (bicyclic) bond motifs is 2. The molecule has 18 heavy (non-hydrogen) atoms. The van der Waals surface area contributed by atoms with E-state index in [1.807, 2.05) is 0 Å². The number of ether oxygens (including phenoxy) is 1. The summed E-state index contributed by atoms with van der Waals surface area (Å²) in [6, 6.07) is 11.2. The van der Waals surface area contributed by atoms with Crippen LogP contribution in [0.4, 0.5) is 5.69 Å². The van der Waals surface area contributed by atoms with E-state index in [1.54, 1.807) is 0 Å². The van der Waals surface area contributed by atoms with Crippen molar-refractivity contribution in [1.82, 2.24) is 4.90 Å². The van der Waals surface area contributed by atoms with Crippen molar-refractivity contribution < 1.29 is 4.74 Å². The summed E-state index contributed by atoms with van der Waals surface area (Å²) in [6.45, 7) is 6.44. The lowest BCUT2D eigenvalue weighted by atomic mass is 9.84. The monoisotopic (exact) mass is 244 g/mol. The smallest absolute Gasteiger partial charge is 0.0645 e. The van der Waals surface area contributed by atoms with Gasteiger partial charge in [0.25, 0.3) is 0 Å². The fraction of sp³-hybridized carbons (Fsp3) is 0.600. The SMILES string of the molecule is Cc1ccc(N2CC3CC(C2)N3C2COC2)cc1. The minimum Gasteiger partial charge on any atom is -0.378 e. The average molecular weight is 244 g/mol. The first-order valence-corrected chi connectivity index (χ1v) is 6.98. The summed E-state index contributed by atoms with van der Waals surface area (Å²) in [4.78, 5) is 5.25. The van der Waals surface area contributed by atoms with Gasteiger partial charge < -0.3 is 9.64 Å². The Morgan fingerprint density at radius 2 is 1.67 bits per heavy atom. The summed E-state index contributed by atoms with van der Waals surface area (Å²) in [7, 11) is 0. The molecule has 5 rings (SSSR count). The van der Waals surface area contributed by atoms with Crippen molar-refractivity contribution in [3.8, 4) is 0 Å². The summed E-state index contributed by atoms with van der Waals surface area (Å²) >= 11 is 0. The van der Waals surface area contributed by atoms with E-state index in [0.717, 1.165) is 25.3 Å². The molecule has 4 aliphatic rings. The number of anilines is 1. The number of piperidine rings is 1. The Morgan fingerprint density at radius 3 is 2.22 bits per heavy atom. The third-order valence-corrected chi connectivity index (χ3v) is 4.69. The maximum absolute atomic E-state index is 5.33. The highest BCUT2D eigenvalue weighted by Crippen LogP contribution is 2.37. The van der Waals surface area contributed by atoms with Gasteiger partial charge in [-0.1, -0.05) is 17.7 Å². The molecule has 0 spiro atoms. The number of piperazine rings is 1. The molecule has 0 aromatic heterocycles. The van der Waals surface area contributed by atoms with E-state index in [9.17, 15) is 0 Å². The van der Waals surface area contributed by atoms with E-state index in [1.165, 1.54) is 30.8 Å². The van der Waals surface area contributed by atoms with Gasteiger partial charge in [0.2, 0.25) is 0 Å². The van der Waals surface area contributed by atoms with E-state index < -0.39 is 0 Å². The lowest BCUT2D eigenvalue weighted by Crippen LogP contribution is -2.74. The van der Waals surface area contributed by atoms with E-state index in [4.69, 9.17) is 4.74 Å². The van der Waals surface area contributed by atoms with Crippen LogP contribution < -0.4 is 4.90 Å². The van der Waals surface area contributed by atoms with Gasteiger partial charge in [0.15, 0.2) is 0 Å².